The molecule has 0 amide bonds. The number of ketones is 1. The number of methoxy groups -OCH3 is 1. The molecule has 2 rings (SSSR count). The topological polar surface area (TPSA) is 35.5 Å². The van der Waals surface area contributed by atoms with Crippen LogP contribution in [0.4, 0.5) is 0 Å². The summed E-state index contributed by atoms with van der Waals surface area (Å²) in [6, 6.07) is 0. The van der Waals surface area contributed by atoms with Crippen LogP contribution in [0.25, 0.3) is 0 Å². The minimum absolute atomic E-state index is 0.219. The second kappa shape index (κ2) is 3.14. The lowest BCUT2D eigenvalue weighted by molar-refractivity contribution is -0.115. The van der Waals surface area contributed by atoms with E-state index < -0.39 is 0 Å². The van der Waals surface area contributed by atoms with Crippen LogP contribution < -0.4 is 0 Å². The molecule has 72 valence electrons. The molecule has 1 saturated heterocycles. The highest BCUT2D eigenvalue weighted by Crippen LogP contribution is 2.41. The summed E-state index contributed by atoms with van der Waals surface area (Å²) in [5, 5.41) is 0. The molecule has 2 fully saturated rings. The quantitative estimate of drug-likeness (QED) is 0.450. The van der Waals surface area contributed by atoms with Crippen LogP contribution >= 0.6 is 0 Å². The van der Waals surface area contributed by atoms with Crippen LogP contribution in [0, 0.1) is 11.8 Å². The lowest BCUT2D eigenvalue weighted by Crippen LogP contribution is -2.12. The lowest BCUT2D eigenvalue weighted by Gasteiger charge is -2.08. The molecule has 0 aromatic carbocycles. The Morgan fingerprint density at radius 2 is 2.38 bits per heavy atom. The SMILES string of the molecule is CO/C=C1/C(=O)C[C@H]2[C@H](C)OC[C@@H]12. The minimum atomic E-state index is 0.219. The fraction of sp³-hybridized carbons (Fsp3) is 0.700. The third-order valence-electron chi connectivity index (χ3n) is 3.05. The van der Waals surface area contributed by atoms with E-state index in [2.05, 4.69) is 0 Å². The van der Waals surface area contributed by atoms with Crippen molar-refractivity contribution >= 4 is 5.78 Å². The first-order chi connectivity index (χ1) is 6.24. The molecule has 0 aromatic rings. The predicted octanol–water partition coefficient (Wildman–Crippen LogP) is 1.14. The van der Waals surface area contributed by atoms with Crippen molar-refractivity contribution in [3.63, 3.8) is 0 Å². The zero-order chi connectivity index (χ0) is 9.42. The van der Waals surface area contributed by atoms with Gasteiger partial charge in [-0.05, 0) is 6.92 Å². The summed E-state index contributed by atoms with van der Waals surface area (Å²) in [6.45, 7) is 2.71. The summed E-state index contributed by atoms with van der Waals surface area (Å²) in [7, 11) is 1.58. The molecule has 0 radical (unpaired) electrons. The second-order valence-electron chi connectivity index (χ2n) is 3.74. The molecule has 0 spiro atoms. The van der Waals surface area contributed by atoms with E-state index in [0.29, 0.717) is 18.9 Å². The molecule has 1 aliphatic heterocycles. The first-order valence-electron chi connectivity index (χ1n) is 4.61. The van der Waals surface area contributed by atoms with Crippen molar-refractivity contribution in [2.24, 2.45) is 11.8 Å². The Morgan fingerprint density at radius 3 is 3.08 bits per heavy atom. The van der Waals surface area contributed by atoms with Crippen molar-refractivity contribution in [2.45, 2.75) is 19.4 Å². The van der Waals surface area contributed by atoms with E-state index >= 15 is 0 Å². The summed E-state index contributed by atoms with van der Waals surface area (Å²) in [4.78, 5) is 11.5. The number of hydrogen-bond donors (Lipinski definition) is 0. The number of Topliss-reactive ketones (excluding diaryl/α,β-unsaturated/α-hetero) is 1. The molecule has 3 heteroatoms. The Hall–Kier alpha value is -0.830. The standard InChI is InChI=1S/C10H14O3/c1-6-7-3-10(11)9(4-12-2)8(7)5-13-6/h4,6-8H,3,5H2,1-2H3/b9-4+/t6-,7-,8+/m0/s1. The first-order valence-corrected chi connectivity index (χ1v) is 4.61. The van der Waals surface area contributed by atoms with E-state index in [0.717, 1.165) is 5.57 Å². The highest BCUT2D eigenvalue weighted by molar-refractivity contribution is 5.98. The largest absolute Gasteiger partial charge is 0.504 e. The molecule has 3 atom stereocenters. The molecular weight excluding hydrogens is 168 g/mol. The van der Waals surface area contributed by atoms with Crippen LogP contribution in [0.5, 0.6) is 0 Å². The van der Waals surface area contributed by atoms with Crippen LogP contribution in [-0.2, 0) is 14.3 Å². The van der Waals surface area contributed by atoms with E-state index in [9.17, 15) is 4.79 Å². The summed E-state index contributed by atoms with van der Waals surface area (Å²) < 4.78 is 10.4. The molecule has 0 aromatic heterocycles. The van der Waals surface area contributed by atoms with Gasteiger partial charge in [0.05, 0.1) is 26.1 Å². The third-order valence-corrected chi connectivity index (χ3v) is 3.05. The Balaban J connectivity index is 2.22. The number of hydrogen-bond acceptors (Lipinski definition) is 3. The van der Waals surface area contributed by atoms with Gasteiger partial charge in [-0.15, -0.1) is 0 Å². The molecule has 2 aliphatic rings. The maximum Gasteiger partial charge on any atom is 0.162 e. The van der Waals surface area contributed by atoms with Crippen LogP contribution in [-0.4, -0.2) is 25.6 Å². The average Bonchev–Trinajstić information content (AvgIpc) is 2.58. The summed E-state index contributed by atoms with van der Waals surface area (Å²) in [6.07, 6.45) is 2.42. The second-order valence-corrected chi connectivity index (χ2v) is 3.74. The monoisotopic (exact) mass is 182 g/mol. The van der Waals surface area contributed by atoms with Crippen molar-refractivity contribution in [2.75, 3.05) is 13.7 Å². The highest BCUT2D eigenvalue weighted by Gasteiger charge is 2.45. The Morgan fingerprint density at radius 1 is 1.62 bits per heavy atom. The van der Waals surface area contributed by atoms with Crippen molar-refractivity contribution in [1.82, 2.24) is 0 Å². The number of carbonyl (C=O) groups excluding carboxylic acids is 1. The fourth-order valence-corrected chi connectivity index (χ4v) is 2.28. The van der Waals surface area contributed by atoms with Crippen molar-refractivity contribution < 1.29 is 14.3 Å². The van der Waals surface area contributed by atoms with E-state index in [-0.39, 0.29) is 17.8 Å². The first kappa shape index (κ1) is 8.75. The van der Waals surface area contributed by atoms with Gasteiger partial charge in [0.1, 0.15) is 0 Å². The van der Waals surface area contributed by atoms with Gasteiger partial charge in [-0.25, -0.2) is 0 Å². The summed E-state index contributed by atoms with van der Waals surface area (Å²) in [5.74, 6) is 0.892. The van der Waals surface area contributed by atoms with Gasteiger partial charge in [0, 0.05) is 23.8 Å². The van der Waals surface area contributed by atoms with E-state index in [1.54, 1.807) is 13.4 Å². The number of fused-ring (bicyclic) bond motifs is 1. The molecule has 1 saturated carbocycles. The van der Waals surface area contributed by atoms with Crippen molar-refractivity contribution in [1.29, 1.82) is 0 Å². The van der Waals surface area contributed by atoms with Gasteiger partial charge in [0.2, 0.25) is 0 Å². The number of rotatable bonds is 1. The summed E-state index contributed by atoms with van der Waals surface area (Å²) >= 11 is 0. The van der Waals surface area contributed by atoms with Gasteiger partial charge in [0.25, 0.3) is 0 Å². The van der Waals surface area contributed by atoms with Crippen LogP contribution in [0.3, 0.4) is 0 Å². The smallest absolute Gasteiger partial charge is 0.162 e. The van der Waals surface area contributed by atoms with Crippen LogP contribution in [0.2, 0.25) is 0 Å². The van der Waals surface area contributed by atoms with Crippen LogP contribution in [0.15, 0.2) is 11.8 Å². The maximum atomic E-state index is 11.5. The molecule has 0 unspecified atom stereocenters. The van der Waals surface area contributed by atoms with Gasteiger partial charge in [-0.3, -0.25) is 4.79 Å². The zero-order valence-electron chi connectivity index (χ0n) is 7.95. The molecule has 1 aliphatic carbocycles. The zero-order valence-corrected chi connectivity index (χ0v) is 7.95. The number of carbonyl (C=O) groups is 1. The summed E-state index contributed by atoms with van der Waals surface area (Å²) in [5.41, 5.74) is 0.817. The van der Waals surface area contributed by atoms with Gasteiger partial charge in [-0.1, -0.05) is 0 Å². The van der Waals surface area contributed by atoms with Gasteiger partial charge in [-0.2, -0.15) is 0 Å². The van der Waals surface area contributed by atoms with Gasteiger partial charge >= 0.3 is 0 Å². The van der Waals surface area contributed by atoms with Crippen molar-refractivity contribution in [3.05, 3.63) is 11.8 Å². The van der Waals surface area contributed by atoms with E-state index in [4.69, 9.17) is 9.47 Å². The predicted molar refractivity (Wildman–Crippen MR) is 47.1 cm³/mol. The number of ether oxygens (including phenoxy) is 2. The van der Waals surface area contributed by atoms with Gasteiger partial charge < -0.3 is 9.47 Å². The third kappa shape index (κ3) is 1.27. The Bertz CT molecular complexity index is 257. The van der Waals surface area contributed by atoms with E-state index in [1.807, 2.05) is 6.92 Å². The molecule has 13 heavy (non-hydrogen) atoms. The Kier molecular flexibility index (Phi) is 2.12. The molecule has 0 N–H and O–H groups in total. The molecular formula is C10H14O3. The minimum Gasteiger partial charge on any atom is -0.504 e. The molecule has 1 heterocycles. The molecule has 0 bridgehead atoms. The van der Waals surface area contributed by atoms with Crippen molar-refractivity contribution in [3.8, 4) is 0 Å². The highest BCUT2D eigenvalue weighted by atomic mass is 16.5. The van der Waals surface area contributed by atoms with E-state index in [1.165, 1.54) is 0 Å². The average molecular weight is 182 g/mol. The molecule has 3 nitrogen and oxygen atoms in total. The maximum absolute atomic E-state index is 11.5. The Labute approximate surface area is 77.7 Å². The van der Waals surface area contributed by atoms with Crippen LogP contribution in [0.1, 0.15) is 13.3 Å². The fourth-order valence-electron chi connectivity index (χ4n) is 2.28. The van der Waals surface area contributed by atoms with Gasteiger partial charge in [0.15, 0.2) is 5.78 Å². The lowest BCUT2D eigenvalue weighted by atomic mass is 9.94. The normalized spacial score (nSPS) is 41.2.